The van der Waals surface area contributed by atoms with Gasteiger partial charge in [-0.15, -0.1) is 0 Å². The van der Waals surface area contributed by atoms with Crippen molar-refractivity contribution in [2.24, 2.45) is 11.8 Å². The van der Waals surface area contributed by atoms with E-state index in [2.05, 4.69) is 22.8 Å². The summed E-state index contributed by atoms with van der Waals surface area (Å²) in [5, 5.41) is 14.9. The number of carboxylic acid groups (broad SMARTS) is 1. The Morgan fingerprint density at radius 1 is 0.971 bits per heavy atom. The highest BCUT2D eigenvalue weighted by Gasteiger charge is 2.33. The summed E-state index contributed by atoms with van der Waals surface area (Å²) in [5.41, 5.74) is 4.50. The molecule has 0 aromatic heterocycles. The first-order valence-corrected chi connectivity index (χ1v) is 12.5. The first kappa shape index (κ1) is 24.8. The zero-order chi connectivity index (χ0) is 24.9. The number of benzene rings is 2. The minimum atomic E-state index is -1.05. The monoisotopic (exact) mass is 478 g/mol. The summed E-state index contributed by atoms with van der Waals surface area (Å²) < 4.78 is 5.62. The first-order valence-electron chi connectivity index (χ1n) is 12.5. The molecule has 2 unspecified atom stereocenters. The van der Waals surface area contributed by atoms with E-state index in [0.717, 1.165) is 41.5 Å². The number of alkyl carbamates (subject to hydrolysis) is 1. The lowest BCUT2D eigenvalue weighted by molar-refractivity contribution is -0.142. The van der Waals surface area contributed by atoms with Gasteiger partial charge < -0.3 is 20.5 Å². The van der Waals surface area contributed by atoms with Crippen molar-refractivity contribution in [3.05, 3.63) is 59.7 Å². The molecule has 0 saturated heterocycles. The molecule has 0 heterocycles. The number of carboxylic acids is 1. The molecular weight excluding hydrogens is 444 g/mol. The maximum Gasteiger partial charge on any atom is 0.407 e. The van der Waals surface area contributed by atoms with Crippen molar-refractivity contribution in [1.29, 1.82) is 0 Å². The molecule has 2 aliphatic carbocycles. The topological polar surface area (TPSA) is 105 Å². The van der Waals surface area contributed by atoms with E-state index in [9.17, 15) is 19.5 Å². The van der Waals surface area contributed by atoms with Crippen LogP contribution in [-0.2, 0) is 14.3 Å². The number of hydrogen-bond acceptors (Lipinski definition) is 4. The highest BCUT2D eigenvalue weighted by Crippen LogP contribution is 2.44. The Morgan fingerprint density at radius 2 is 1.57 bits per heavy atom. The van der Waals surface area contributed by atoms with Gasteiger partial charge in [0, 0.05) is 5.92 Å². The zero-order valence-corrected chi connectivity index (χ0v) is 20.3. The Bertz CT molecular complexity index is 1040. The Kier molecular flexibility index (Phi) is 7.73. The number of carbonyl (C=O) groups excluding carboxylic acids is 2. The third-order valence-electron chi connectivity index (χ3n) is 7.17. The van der Waals surface area contributed by atoms with Crippen LogP contribution in [0.15, 0.2) is 48.5 Å². The van der Waals surface area contributed by atoms with Crippen molar-refractivity contribution in [3.63, 3.8) is 0 Å². The number of aliphatic carboxylic acids is 1. The van der Waals surface area contributed by atoms with Gasteiger partial charge in [-0.2, -0.15) is 0 Å². The number of nitrogens with one attached hydrogen (secondary N) is 2. The van der Waals surface area contributed by atoms with Crippen LogP contribution in [-0.4, -0.2) is 41.8 Å². The third kappa shape index (κ3) is 6.02. The summed E-state index contributed by atoms with van der Waals surface area (Å²) in [7, 11) is 0. The van der Waals surface area contributed by atoms with Crippen LogP contribution in [0.5, 0.6) is 0 Å². The third-order valence-corrected chi connectivity index (χ3v) is 7.17. The summed E-state index contributed by atoms with van der Waals surface area (Å²) in [6.07, 6.45) is 2.97. The molecule has 2 aromatic rings. The first-order chi connectivity index (χ1) is 16.9. The molecule has 3 atom stereocenters. The second-order valence-corrected chi connectivity index (χ2v) is 9.85. The maximum atomic E-state index is 13.0. The fourth-order valence-electron chi connectivity index (χ4n) is 4.76. The lowest BCUT2D eigenvalue weighted by atomic mass is 9.98. The highest BCUT2D eigenvalue weighted by atomic mass is 16.5. The van der Waals surface area contributed by atoms with Gasteiger partial charge in [-0.3, -0.25) is 4.79 Å². The van der Waals surface area contributed by atoms with E-state index >= 15 is 0 Å². The molecule has 7 heteroatoms. The van der Waals surface area contributed by atoms with Gasteiger partial charge in [-0.25, -0.2) is 9.59 Å². The summed E-state index contributed by atoms with van der Waals surface area (Å²) in [6.45, 7) is 4.16. The van der Waals surface area contributed by atoms with Crippen LogP contribution >= 0.6 is 0 Å². The van der Waals surface area contributed by atoms with Crippen LogP contribution < -0.4 is 10.6 Å². The van der Waals surface area contributed by atoms with Crippen LogP contribution in [0.25, 0.3) is 11.1 Å². The van der Waals surface area contributed by atoms with Crippen molar-refractivity contribution in [2.45, 2.75) is 64.0 Å². The van der Waals surface area contributed by atoms with Gasteiger partial charge in [0.2, 0.25) is 5.91 Å². The molecule has 2 aromatic carbocycles. The molecule has 186 valence electrons. The number of amides is 2. The Labute approximate surface area is 206 Å². The molecular formula is C28H34N2O5. The zero-order valence-electron chi connectivity index (χ0n) is 20.3. The summed E-state index contributed by atoms with van der Waals surface area (Å²) in [6, 6.07) is 14.4. The van der Waals surface area contributed by atoms with E-state index in [4.69, 9.17) is 4.74 Å². The predicted octanol–water partition coefficient (Wildman–Crippen LogP) is 4.70. The summed E-state index contributed by atoms with van der Waals surface area (Å²) >= 11 is 0. The molecule has 1 saturated carbocycles. The highest BCUT2D eigenvalue weighted by molar-refractivity contribution is 5.89. The van der Waals surface area contributed by atoms with E-state index in [1.54, 1.807) is 0 Å². The van der Waals surface area contributed by atoms with Gasteiger partial charge in [-0.1, -0.05) is 81.6 Å². The fourth-order valence-corrected chi connectivity index (χ4v) is 4.76. The van der Waals surface area contributed by atoms with Crippen LogP contribution in [0.3, 0.4) is 0 Å². The van der Waals surface area contributed by atoms with Crippen molar-refractivity contribution in [2.75, 3.05) is 6.61 Å². The van der Waals surface area contributed by atoms with Gasteiger partial charge in [0.25, 0.3) is 0 Å². The molecule has 2 aliphatic rings. The second kappa shape index (κ2) is 10.9. The normalized spacial score (nSPS) is 17.0. The van der Waals surface area contributed by atoms with Crippen molar-refractivity contribution in [1.82, 2.24) is 10.6 Å². The Morgan fingerprint density at radius 3 is 2.11 bits per heavy atom. The lowest BCUT2D eigenvalue weighted by Gasteiger charge is -2.24. The molecule has 7 nitrogen and oxygen atoms in total. The number of carbonyl (C=O) groups is 3. The van der Waals surface area contributed by atoms with Gasteiger partial charge >= 0.3 is 12.1 Å². The average molecular weight is 479 g/mol. The van der Waals surface area contributed by atoms with Crippen LogP contribution in [0.2, 0.25) is 0 Å². The smallest absolute Gasteiger partial charge is 0.407 e. The summed E-state index contributed by atoms with van der Waals surface area (Å²) in [5.74, 6) is -1.09. The minimum absolute atomic E-state index is 0.0788. The van der Waals surface area contributed by atoms with Crippen LogP contribution in [0, 0.1) is 11.8 Å². The van der Waals surface area contributed by atoms with Gasteiger partial charge in [-0.05, 0) is 46.9 Å². The number of fused-ring (bicyclic) bond motifs is 3. The van der Waals surface area contributed by atoms with Crippen LogP contribution in [0.1, 0.15) is 63.0 Å². The van der Waals surface area contributed by atoms with Crippen molar-refractivity contribution >= 4 is 18.0 Å². The maximum absolute atomic E-state index is 13.0. The van der Waals surface area contributed by atoms with Gasteiger partial charge in [0.15, 0.2) is 0 Å². The van der Waals surface area contributed by atoms with E-state index in [1.165, 1.54) is 0 Å². The lowest BCUT2D eigenvalue weighted by Crippen LogP contribution is -2.52. The molecule has 3 N–H and O–H groups in total. The average Bonchev–Trinajstić information content (AvgIpc) is 3.62. The standard InChI is InChI=1S/C28H34N2O5/c1-3-17(2)14-24(26(31)29-25(27(32)33)15-18-12-13-18)30-28(34)35-16-23-21-10-6-4-8-19(21)20-9-5-7-11-22(20)23/h4-11,17-18,23-25H,3,12-16H2,1-2H3,(H,29,31)(H,30,34)(H,32,33)/t17?,24?,25-/m0/s1. The predicted molar refractivity (Wildman–Crippen MR) is 133 cm³/mol. The Balaban J connectivity index is 1.41. The van der Waals surface area contributed by atoms with E-state index in [0.29, 0.717) is 18.8 Å². The van der Waals surface area contributed by atoms with Gasteiger partial charge in [0.05, 0.1) is 0 Å². The second-order valence-electron chi connectivity index (χ2n) is 9.85. The molecule has 2 amide bonds. The molecule has 0 spiro atoms. The molecule has 35 heavy (non-hydrogen) atoms. The number of rotatable bonds is 11. The molecule has 1 fully saturated rings. The molecule has 4 rings (SSSR count). The Hall–Kier alpha value is -3.35. The molecule has 0 aliphatic heterocycles. The van der Waals surface area contributed by atoms with Gasteiger partial charge in [0.1, 0.15) is 18.7 Å². The van der Waals surface area contributed by atoms with Crippen molar-refractivity contribution < 1.29 is 24.2 Å². The van der Waals surface area contributed by atoms with E-state index < -0.39 is 30.1 Å². The SMILES string of the molecule is CCC(C)CC(NC(=O)OCC1c2ccccc2-c2ccccc21)C(=O)N[C@@H](CC1CC1)C(=O)O. The minimum Gasteiger partial charge on any atom is -0.480 e. The van der Waals surface area contributed by atoms with E-state index in [-0.39, 0.29) is 18.4 Å². The quantitative estimate of drug-likeness (QED) is 0.434. The number of hydrogen-bond donors (Lipinski definition) is 3. The fraction of sp³-hybridized carbons (Fsp3) is 0.464. The summed E-state index contributed by atoms with van der Waals surface area (Å²) in [4.78, 5) is 37.4. The van der Waals surface area contributed by atoms with E-state index in [1.807, 2.05) is 50.2 Å². The molecule has 0 radical (unpaired) electrons. The van der Waals surface area contributed by atoms with Crippen molar-refractivity contribution in [3.8, 4) is 11.1 Å². The number of ether oxygens (including phenoxy) is 1. The molecule has 0 bridgehead atoms. The van der Waals surface area contributed by atoms with Crippen LogP contribution in [0.4, 0.5) is 4.79 Å². The largest absolute Gasteiger partial charge is 0.480 e.